The fourth-order valence-electron chi connectivity index (χ4n) is 7.81. The van der Waals surface area contributed by atoms with Crippen molar-refractivity contribution in [2.75, 3.05) is 25.7 Å². The fourth-order valence-corrected chi connectivity index (χ4v) is 7.81. The van der Waals surface area contributed by atoms with Crippen molar-refractivity contribution in [1.82, 2.24) is 14.8 Å². The zero-order valence-corrected chi connectivity index (χ0v) is 26.8. The van der Waals surface area contributed by atoms with E-state index in [1.54, 1.807) is 7.11 Å². The van der Waals surface area contributed by atoms with Gasteiger partial charge in [0, 0.05) is 38.0 Å². The molecule has 2 bridgehead atoms. The Hall–Kier alpha value is -3.19. The van der Waals surface area contributed by atoms with Gasteiger partial charge < -0.3 is 9.84 Å². The van der Waals surface area contributed by atoms with Crippen LogP contribution in [0.4, 0.5) is 5.82 Å². The number of aliphatic hydroxyl groups is 1. The van der Waals surface area contributed by atoms with Gasteiger partial charge in [-0.1, -0.05) is 45.2 Å². The maximum absolute atomic E-state index is 14.2. The van der Waals surface area contributed by atoms with E-state index in [1.165, 1.54) is 36.8 Å². The first-order chi connectivity index (χ1) is 20.8. The van der Waals surface area contributed by atoms with Gasteiger partial charge in [0.05, 0.1) is 18.5 Å². The van der Waals surface area contributed by atoms with Gasteiger partial charge >= 0.3 is 0 Å². The van der Waals surface area contributed by atoms with Gasteiger partial charge in [-0.2, -0.15) is 5.10 Å². The summed E-state index contributed by atoms with van der Waals surface area (Å²) in [6.07, 6.45) is 16.4. The molecule has 0 atom stereocenters. The minimum Gasteiger partial charge on any atom is -0.496 e. The maximum atomic E-state index is 14.2. The minimum absolute atomic E-state index is 0.108. The van der Waals surface area contributed by atoms with E-state index < -0.39 is 0 Å². The number of pyridine rings is 1. The van der Waals surface area contributed by atoms with E-state index in [2.05, 4.69) is 56.0 Å². The number of aromatic nitrogens is 3. The van der Waals surface area contributed by atoms with Crippen LogP contribution in [0.15, 0.2) is 48.8 Å². The lowest BCUT2D eigenvalue weighted by atomic mass is 9.51. The molecule has 43 heavy (non-hydrogen) atoms. The van der Waals surface area contributed by atoms with E-state index in [4.69, 9.17) is 19.9 Å². The molecule has 232 valence electrons. The Labute approximate surface area is 257 Å². The molecule has 1 amide bonds. The van der Waals surface area contributed by atoms with Crippen molar-refractivity contribution in [3.8, 4) is 11.4 Å². The number of fused-ring (bicyclic) bond motifs is 3. The van der Waals surface area contributed by atoms with Crippen LogP contribution in [0.5, 0.6) is 5.75 Å². The third kappa shape index (κ3) is 6.38. The van der Waals surface area contributed by atoms with Crippen molar-refractivity contribution in [3.05, 3.63) is 65.6 Å². The Morgan fingerprint density at radius 3 is 2.33 bits per heavy atom. The van der Waals surface area contributed by atoms with E-state index >= 15 is 0 Å². The highest BCUT2D eigenvalue weighted by Gasteiger charge is 2.50. The molecule has 4 aliphatic carbocycles. The molecule has 0 aliphatic heterocycles. The summed E-state index contributed by atoms with van der Waals surface area (Å²) in [6, 6.07) is 12.9. The summed E-state index contributed by atoms with van der Waals surface area (Å²) in [4.78, 5) is 21.1. The number of nitrogens with zero attached hydrogens (tertiary/aromatic N) is 4. The Morgan fingerprint density at radius 1 is 1.02 bits per heavy atom. The van der Waals surface area contributed by atoms with Gasteiger partial charge in [-0.3, -0.25) is 9.69 Å². The first-order valence-corrected chi connectivity index (χ1v) is 16.2. The number of aliphatic hydroxyl groups excluding tert-OH is 1. The number of amides is 1. The molecule has 4 saturated carbocycles. The third-order valence-corrected chi connectivity index (χ3v) is 10.6. The molecule has 7 rings (SSSR count). The number of carbonyl (C=O) groups is 1. The molecule has 0 saturated heterocycles. The molecule has 0 unspecified atom stereocenters. The zero-order chi connectivity index (χ0) is 30.6. The van der Waals surface area contributed by atoms with Gasteiger partial charge in [-0.25, -0.2) is 9.67 Å². The standard InChI is InChI=1S/C35H46N4O2.CH4O/c1-25(2)30-13-21-39(37-30)29-12-20-36-32(23-29)38(33(40)27-8-6-5-7-9-27)24-34-14-17-35(18-15-34,19-16-34)28-10-11-31(41-4)26(3)22-28;1-2/h10-13,20-23,25,27H,5-9,14-19,24H2,1-4H3;2H,1H3. The number of hydrogen-bond donors (Lipinski definition) is 1. The Kier molecular flexibility index (Phi) is 9.60. The molecule has 2 heterocycles. The monoisotopic (exact) mass is 586 g/mol. The number of hydrogen-bond acceptors (Lipinski definition) is 5. The average molecular weight is 587 g/mol. The van der Waals surface area contributed by atoms with Gasteiger partial charge in [0.1, 0.15) is 11.6 Å². The van der Waals surface area contributed by atoms with Crippen LogP contribution in [0.3, 0.4) is 0 Å². The second-order valence-corrected chi connectivity index (χ2v) is 13.4. The summed E-state index contributed by atoms with van der Waals surface area (Å²) in [5.41, 5.74) is 5.12. The van der Waals surface area contributed by atoms with Gasteiger partial charge in [-0.05, 0) is 104 Å². The second kappa shape index (κ2) is 13.2. The molecular weight excluding hydrogens is 536 g/mol. The Morgan fingerprint density at radius 2 is 1.72 bits per heavy atom. The van der Waals surface area contributed by atoms with Crippen molar-refractivity contribution < 1.29 is 14.6 Å². The van der Waals surface area contributed by atoms with Crippen molar-refractivity contribution in [2.24, 2.45) is 11.3 Å². The summed E-state index contributed by atoms with van der Waals surface area (Å²) < 4.78 is 7.46. The molecule has 1 N–H and O–H groups in total. The summed E-state index contributed by atoms with van der Waals surface area (Å²) in [5.74, 6) is 2.50. The molecule has 0 radical (unpaired) electrons. The van der Waals surface area contributed by atoms with Crippen molar-refractivity contribution in [1.29, 1.82) is 0 Å². The summed E-state index contributed by atoms with van der Waals surface area (Å²) >= 11 is 0. The summed E-state index contributed by atoms with van der Waals surface area (Å²) in [6.45, 7) is 7.24. The van der Waals surface area contributed by atoms with E-state index in [0.717, 1.165) is 81.5 Å². The zero-order valence-electron chi connectivity index (χ0n) is 26.8. The number of rotatable bonds is 8. The molecule has 3 aromatic rings. The number of carbonyl (C=O) groups excluding carboxylic acids is 1. The van der Waals surface area contributed by atoms with Crippen LogP contribution in [0.2, 0.25) is 0 Å². The molecule has 4 aliphatic rings. The number of anilines is 1. The number of methoxy groups -OCH3 is 1. The smallest absolute Gasteiger partial charge is 0.231 e. The molecule has 0 spiro atoms. The van der Waals surface area contributed by atoms with Gasteiger partial charge in [-0.15, -0.1) is 0 Å². The Balaban J connectivity index is 0.00000180. The molecule has 4 fully saturated rings. The first-order valence-electron chi connectivity index (χ1n) is 16.2. The number of aryl methyl sites for hydroxylation is 1. The lowest BCUT2D eigenvalue weighted by Gasteiger charge is -2.55. The van der Waals surface area contributed by atoms with Crippen LogP contribution in [0.1, 0.15) is 107 Å². The van der Waals surface area contributed by atoms with Crippen LogP contribution in [-0.2, 0) is 10.2 Å². The second-order valence-electron chi connectivity index (χ2n) is 13.4. The lowest BCUT2D eigenvalue weighted by molar-refractivity contribution is -0.124. The van der Waals surface area contributed by atoms with Gasteiger partial charge in [0.2, 0.25) is 5.91 Å². The fraction of sp³-hybridized carbons (Fsp3) is 0.583. The Bertz CT molecular complexity index is 1370. The molecule has 1 aromatic carbocycles. The predicted molar refractivity (Wildman–Crippen MR) is 172 cm³/mol. The van der Waals surface area contributed by atoms with E-state index in [0.29, 0.717) is 5.92 Å². The molecule has 2 aromatic heterocycles. The van der Waals surface area contributed by atoms with Crippen molar-refractivity contribution in [3.63, 3.8) is 0 Å². The van der Waals surface area contributed by atoms with E-state index in [9.17, 15) is 4.79 Å². The van der Waals surface area contributed by atoms with Crippen LogP contribution < -0.4 is 9.64 Å². The average Bonchev–Trinajstić information content (AvgIpc) is 3.57. The summed E-state index contributed by atoms with van der Waals surface area (Å²) in [5, 5.41) is 11.8. The van der Waals surface area contributed by atoms with Crippen LogP contribution in [0, 0.1) is 18.3 Å². The highest BCUT2D eigenvalue weighted by molar-refractivity contribution is 5.94. The molecule has 7 nitrogen and oxygen atoms in total. The van der Waals surface area contributed by atoms with E-state index in [-0.39, 0.29) is 22.7 Å². The molecular formula is C36H50N4O3. The van der Waals surface area contributed by atoms with Gasteiger partial charge in [0.25, 0.3) is 0 Å². The highest BCUT2D eigenvalue weighted by atomic mass is 16.5. The SMILES string of the molecule is CO.COc1ccc(C23CCC(CN(C(=O)C4CCCCC4)c4cc(-n5ccc(C(C)C)n5)ccn4)(CC2)CC3)cc1C. The summed E-state index contributed by atoms with van der Waals surface area (Å²) in [7, 11) is 2.75. The predicted octanol–water partition coefficient (Wildman–Crippen LogP) is 7.52. The van der Waals surface area contributed by atoms with Gasteiger partial charge in [0.15, 0.2) is 0 Å². The minimum atomic E-state index is 0.108. The normalized spacial score (nSPS) is 23.5. The third-order valence-electron chi connectivity index (χ3n) is 10.6. The largest absolute Gasteiger partial charge is 0.496 e. The number of ether oxygens (including phenoxy) is 1. The van der Waals surface area contributed by atoms with Crippen LogP contribution in [0.25, 0.3) is 5.69 Å². The van der Waals surface area contributed by atoms with Crippen LogP contribution >= 0.6 is 0 Å². The highest BCUT2D eigenvalue weighted by Crippen LogP contribution is 2.58. The quantitative estimate of drug-likeness (QED) is 0.295. The maximum Gasteiger partial charge on any atom is 0.231 e. The first kappa shape index (κ1) is 31.2. The number of benzene rings is 1. The molecule has 7 heteroatoms. The van der Waals surface area contributed by atoms with Crippen molar-refractivity contribution >= 4 is 11.7 Å². The van der Waals surface area contributed by atoms with Crippen LogP contribution in [-0.4, -0.2) is 46.5 Å². The van der Waals surface area contributed by atoms with E-state index in [1.807, 2.05) is 23.1 Å². The van der Waals surface area contributed by atoms with Crippen molar-refractivity contribution in [2.45, 2.75) is 103 Å². The topological polar surface area (TPSA) is 80.5 Å². The lowest BCUT2D eigenvalue weighted by Crippen LogP contribution is -2.51.